The molecule has 0 radical (unpaired) electrons. The SMILES string of the molecule is C[C@H](CC(=O)O)C(=O)Nc1ccc(Nc2cnccn2)nc1-c1ccnc(N2CCNCC2)c1. The minimum atomic E-state index is -1.03. The summed E-state index contributed by atoms with van der Waals surface area (Å²) in [5.74, 6) is -0.242. The number of hydrogen-bond donors (Lipinski definition) is 4. The third-order valence-electron chi connectivity index (χ3n) is 5.36. The first-order chi connectivity index (χ1) is 16.5. The van der Waals surface area contributed by atoms with E-state index in [1.54, 1.807) is 43.8 Å². The highest BCUT2D eigenvalue weighted by molar-refractivity contribution is 5.97. The standard InChI is InChI=1S/C23H26N8O3/c1-15(12-21(32)33)23(34)28-17-2-3-18(29-19-14-25-6-7-26-19)30-22(17)16-4-5-27-20(13-16)31-10-8-24-9-11-31/h2-7,13-15,24H,8-12H2,1H3,(H,28,34)(H,32,33)(H,26,29,30)/t15-/m1/s1. The molecule has 0 aromatic carbocycles. The van der Waals surface area contributed by atoms with E-state index in [2.05, 4.69) is 35.8 Å². The number of pyridine rings is 2. The van der Waals surface area contributed by atoms with Crippen LogP contribution in [0.2, 0.25) is 0 Å². The number of carbonyl (C=O) groups excluding carboxylic acids is 1. The van der Waals surface area contributed by atoms with Gasteiger partial charge in [0.25, 0.3) is 0 Å². The van der Waals surface area contributed by atoms with Crippen molar-refractivity contribution < 1.29 is 14.7 Å². The van der Waals surface area contributed by atoms with Crippen molar-refractivity contribution >= 4 is 35.0 Å². The van der Waals surface area contributed by atoms with E-state index in [0.717, 1.165) is 37.6 Å². The molecule has 34 heavy (non-hydrogen) atoms. The Morgan fingerprint density at radius 1 is 1.12 bits per heavy atom. The summed E-state index contributed by atoms with van der Waals surface area (Å²) in [7, 11) is 0. The fourth-order valence-electron chi connectivity index (χ4n) is 3.59. The van der Waals surface area contributed by atoms with E-state index in [0.29, 0.717) is 23.0 Å². The Kier molecular flexibility index (Phi) is 7.23. The summed E-state index contributed by atoms with van der Waals surface area (Å²) < 4.78 is 0. The zero-order valence-corrected chi connectivity index (χ0v) is 18.7. The van der Waals surface area contributed by atoms with Crippen molar-refractivity contribution in [3.05, 3.63) is 49.1 Å². The Morgan fingerprint density at radius 2 is 1.94 bits per heavy atom. The third-order valence-corrected chi connectivity index (χ3v) is 5.36. The highest BCUT2D eigenvalue weighted by Crippen LogP contribution is 2.31. The average molecular weight is 463 g/mol. The van der Waals surface area contributed by atoms with Gasteiger partial charge in [-0.05, 0) is 24.3 Å². The number of aliphatic carboxylic acids is 1. The van der Waals surface area contributed by atoms with Gasteiger partial charge in [0.2, 0.25) is 5.91 Å². The van der Waals surface area contributed by atoms with E-state index in [9.17, 15) is 9.59 Å². The number of hydrogen-bond acceptors (Lipinski definition) is 9. The Hall–Kier alpha value is -4.12. The maximum atomic E-state index is 12.7. The van der Waals surface area contributed by atoms with E-state index in [4.69, 9.17) is 10.1 Å². The summed E-state index contributed by atoms with van der Waals surface area (Å²) >= 11 is 0. The van der Waals surface area contributed by atoms with Crippen LogP contribution in [0.1, 0.15) is 13.3 Å². The highest BCUT2D eigenvalue weighted by Gasteiger charge is 2.20. The number of piperazine rings is 1. The first-order valence-electron chi connectivity index (χ1n) is 11.0. The summed E-state index contributed by atoms with van der Waals surface area (Å²) in [4.78, 5) is 43.4. The molecule has 1 fully saturated rings. The first kappa shape index (κ1) is 23.1. The first-order valence-corrected chi connectivity index (χ1v) is 11.0. The van der Waals surface area contributed by atoms with Crippen LogP contribution in [0.15, 0.2) is 49.1 Å². The lowest BCUT2D eigenvalue weighted by Crippen LogP contribution is -2.43. The zero-order chi connectivity index (χ0) is 23.9. The van der Waals surface area contributed by atoms with E-state index in [-0.39, 0.29) is 6.42 Å². The van der Waals surface area contributed by atoms with Crippen molar-refractivity contribution in [3.8, 4) is 11.3 Å². The Bertz CT molecular complexity index is 1150. The van der Waals surface area contributed by atoms with Gasteiger partial charge in [0.15, 0.2) is 0 Å². The van der Waals surface area contributed by atoms with Crippen LogP contribution in [0.4, 0.5) is 23.1 Å². The van der Waals surface area contributed by atoms with E-state index < -0.39 is 17.8 Å². The van der Waals surface area contributed by atoms with Crippen LogP contribution >= 0.6 is 0 Å². The molecule has 4 heterocycles. The number of amides is 1. The molecule has 1 aliphatic heterocycles. The lowest BCUT2D eigenvalue weighted by atomic mass is 10.1. The topological polar surface area (TPSA) is 145 Å². The van der Waals surface area contributed by atoms with Crippen molar-refractivity contribution in [3.63, 3.8) is 0 Å². The van der Waals surface area contributed by atoms with Crippen molar-refractivity contribution in [1.29, 1.82) is 0 Å². The molecule has 11 nitrogen and oxygen atoms in total. The third kappa shape index (κ3) is 5.81. The molecule has 11 heteroatoms. The molecule has 0 unspecified atom stereocenters. The van der Waals surface area contributed by atoms with Gasteiger partial charge in [-0.2, -0.15) is 0 Å². The number of nitrogens with one attached hydrogen (secondary N) is 3. The second kappa shape index (κ2) is 10.7. The predicted octanol–water partition coefficient (Wildman–Crippen LogP) is 2.14. The van der Waals surface area contributed by atoms with E-state index in [1.807, 2.05) is 12.1 Å². The number of carboxylic acid groups (broad SMARTS) is 1. The van der Waals surface area contributed by atoms with Gasteiger partial charge in [-0.3, -0.25) is 14.6 Å². The van der Waals surface area contributed by atoms with Crippen LogP contribution in [0.5, 0.6) is 0 Å². The molecule has 1 atom stereocenters. The van der Waals surface area contributed by atoms with Gasteiger partial charge in [0, 0.05) is 56.3 Å². The van der Waals surface area contributed by atoms with Gasteiger partial charge in [-0.25, -0.2) is 15.0 Å². The predicted molar refractivity (Wildman–Crippen MR) is 128 cm³/mol. The van der Waals surface area contributed by atoms with Gasteiger partial charge < -0.3 is 26.0 Å². The van der Waals surface area contributed by atoms with Crippen LogP contribution in [0.25, 0.3) is 11.3 Å². The Morgan fingerprint density at radius 3 is 2.68 bits per heavy atom. The van der Waals surface area contributed by atoms with Crippen molar-refractivity contribution in [1.82, 2.24) is 25.3 Å². The van der Waals surface area contributed by atoms with Crippen LogP contribution in [0, 0.1) is 5.92 Å². The molecule has 0 saturated carbocycles. The molecular weight excluding hydrogens is 436 g/mol. The molecule has 0 spiro atoms. The maximum absolute atomic E-state index is 12.7. The van der Waals surface area contributed by atoms with Gasteiger partial charge >= 0.3 is 5.97 Å². The smallest absolute Gasteiger partial charge is 0.304 e. The maximum Gasteiger partial charge on any atom is 0.304 e. The van der Waals surface area contributed by atoms with Crippen molar-refractivity contribution in [2.24, 2.45) is 5.92 Å². The summed E-state index contributed by atoms with van der Waals surface area (Å²) in [6.07, 6.45) is 6.19. The summed E-state index contributed by atoms with van der Waals surface area (Å²) in [5.41, 5.74) is 1.78. The molecule has 4 N–H and O–H groups in total. The minimum Gasteiger partial charge on any atom is -0.481 e. The molecule has 3 aromatic rings. The number of nitrogens with zero attached hydrogens (tertiary/aromatic N) is 5. The lowest BCUT2D eigenvalue weighted by Gasteiger charge is -2.28. The normalized spacial score (nSPS) is 14.3. The van der Waals surface area contributed by atoms with E-state index in [1.165, 1.54) is 0 Å². The highest BCUT2D eigenvalue weighted by atomic mass is 16.4. The molecule has 1 aliphatic rings. The minimum absolute atomic E-state index is 0.261. The number of rotatable bonds is 8. The molecule has 0 aliphatic carbocycles. The largest absolute Gasteiger partial charge is 0.481 e. The average Bonchev–Trinajstić information content (AvgIpc) is 2.86. The lowest BCUT2D eigenvalue weighted by molar-refractivity contribution is -0.139. The molecule has 3 aromatic heterocycles. The van der Waals surface area contributed by atoms with Gasteiger partial charge in [0.05, 0.1) is 24.0 Å². The van der Waals surface area contributed by atoms with Gasteiger partial charge in [-0.1, -0.05) is 6.92 Å². The Balaban J connectivity index is 1.67. The quantitative estimate of drug-likeness (QED) is 0.393. The van der Waals surface area contributed by atoms with E-state index >= 15 is 0 Å². The molecular formula is C23H26N8O3. The fourth-order valence-corrected chi connectivity index (χ4v) is 3.59. The van der Waals surface area contributed by atoms with Crippen LogP contribution in [-0.4, -0.2) is 63.1 Å². The molecule has 0 bridgehead atoms. The zero-order valence-electron chi connectivity index (χ0n) is 18.7. The summed E-state index contributed by atoms with van der Waals surface area (Å²) in [5, 5.41) is 18.3. The molecule has 1 saturated heterocycles. The monoisotopic (exact) mass is 462 g/mol. The number of carboxylic acids is 1. The van der Waals surface area contributed by atoms with Crippen LogP contribution < -0.4 is 20.9 Å². The second-order valence-corrected chi connectivity index (χ2v) is 7.94. The summed E-state index contributed by atoms with van der Waals surface area (Å²) in [6, 6.07) is 7.22. The van der Waals surface area contributed by atoms with Gasteiger partial charge in [0.1, 0.15) is 17.5 Å². The molecule has 4 rings (SSSR count). The van der Waals surface area contributed by atoms with Crippen LogP contribution in [-0.2, 0) is 9.59 Å². The van der Waals surface area contributed by atoms with Crippen molar-refractivity contribution in [2.45, 2.75) is 13.3 Å². The molecule has 176 valence electrons. The number of anilines is 4. The van der Waals surface area contributed by atoms with Crippen molar-refractivity contribution in [2.75, 3.05) is 41.7 Å². The fraction of sp³-hybridized carbons (Fsp3) is 0.304. The number of aromatic nitrogens is 4. The van der Waals surface area contributed by atoms with Crippen LogP contribution in [0.3, 0.4) is 0 Å². The Labute approximate surface area is 196 Å². The second-order valence-electron chi connectivity index (χ2n) is 7.94. The number of carbonyl (C=O) groups is 2. The van der Waals surface area contributed by atoms with Gasteiger partial charge in [-0.15, -0.1) is 0 Å². The summed E-state index contributed by atoms with van der Waals surface area (Å²) in [6.45, 7) is 5.02. The molecule has 1 amide bonds.